The number of hydrogen-bond donors (Lipinski definition) is 0. The summed E-state index contributed by atoms with van der Waals surface area (Å²) in [6, 6.07) is 12.4. The second-order valence-corrected chi connectivity index (χ2v) is 7.32. The van der Waals surface area contributed by atoms with Gasteiger partial charge < -0.3 is 4.90 Å². The third-order valence-electron chi connectivity index (χ3n) is 5.00. The molecule has 2 aliphatic rings. The maximum Gasteiger partial charge on any atom is 0.179 e. The fourth-order valence-corrected chi connectivity index (χ4v) is 4.86. The Morgan fingerprint density at radius 2 is 1.88 bits per heavy atom. The molecule has 2 aromatic carbocycles. The highest BCUT2D eigenvalue weighted by molar-refractivity contribution is 7.99. The lowest BCUT2D eigenvalue weighted by molar-refractivity contribution is 0.0804. The number of rotatable bonds is 0. The normalized spacial score (nSPS) is 18.5. The maximum atomic E-state index is 13.8. The van der Waals surface area contributed by atoms with Crippen molar-refractivity contribution >= 4 is 17.5 Å². The molecule has 0 bridgehead atoms. The molecule has 0 atom stereocenters. The molecule has 0 radical (unpaired) electrons. The van der Waals surface area contributed by atoms with Crippen molar-refractivity contribution in [2.45, 2.75) is 28.0 Å². The molecule has 0 amide bonds. The molecule has 0 aliphatic carbocycles. The van der Waals surface area contributed by atoms with Crippen LogP contribution in [0.15, 0.2) is 52.3 Å². The van der Waals surface area contributed by atoms with Gasteiger partial charge in [-0.3, -0.25) is 4.79 Å². The summed E-state index contributed by atoms with van der Waals surface area (Å²) in [4.78, 5) is 17.0. The highest BCUT2D eigenvalue weighted by Gasteiger charge is 2.46. The standard InChI is InChI=1S/C19H15FN2OS/c20-13-5-6-16-14(11-13)18(23)19(7-9-22(12-21)10-8-19)15-3-1-2-4-17(15)24-16/h1-6,11H,7-10H2. The fraction of sp³-hybridized carbons (Fsp3) is 0.263. The number of carbonyl (C=O) groups is 1. The number of nitrogens with zero attached hydrogens (tertiary/aromatic N) is 2. The average Bonchev–Trinajstić information content (AvgIpc) is 2.71. The first-order valence-corrected chi connectivity index (χ1v) is 8.72. The molecule has 2 aliphatic heterocycles. The number of halogens is 1. The van der Waals surface area contributed by atoms with E-state index < -0.39 is 11.2 Å². The number of benzene rings is 2. The molecule has 4 rings (SSSR count). The van der Waals surface area contributed by atoms with Crippen molar-refractivity contribution < 1.29 is 9.18 Å². The van der Waals surface area contributed by atoms with Gasteiger partial charge in [0, 0.05) is 28.4 Å². The predicted octanol–water partition coefficient (Wildman–Crippen LogP) is 3.99. The number of hydrogen-bond acceptors (Lipinski definition) is 4. The van der Waals surface area contributed by atoms with E-state index in [0.717, 1.165) is 15.4 Å². The number of likely N-dealkylation sites (tertiary alicyclic amines) is 1. The van der Waals surface area contributed by atoms with Crippen molar-refractivity contribution in [1.29, 1.82) is 5.26 Å². The Morgan fingerprint density at radius 1 is 1.12 bits per heavy atom. The smallest absolute Gasteiger partial charge is 0.179 e. The Balaban J connectivity index is 1.91. The molecular weight excluding hydrogens is 323 g/mol. The van der Waals surface area contributed by atoms with Gasteiger partial charge in [-0.1, -0.05) is 30.0 Å². The molecule has 0 saturated carbocycles. The number of ketones is 1. The van der Waals surface area contributed by atoms with Gasteiger partial charge in [0.25, 0.3) is 0 Å². The van der Waals surface area contributed by atoms with Crippen LogP contribution in [0.5, 0.6) is 0 Å². The molecule has 1 fully saturated rings. The van der Waals surface area contributed by atoms with Gasteiger partial charge >= 0.3 is 0 Å². The molecule has 24 heavy (non-hydrogen) atoms. The topological polar surface area (TPSA) is 44.1 Å². The van der Waals surface area contributed by atoms with Gasteiger partial charge in [-0.25, -0.2) is 4.39 Å². The van der Waals surface area contributed by atoms with Gasteiger partial charge in [-0.15, -0.1) is 0 Å². The molecule has 0 aromatic heterocycles. The van der Waals surface area contributed by atoms with E-state index in [1.807, 2.05) is 24.3 Å². The zero-order valence-electron chi connectivity index (χ0n) is 13.0. The van der Waals surface area contributed by atoms with Crippen LogP contribution in [0.4, 0.5) is 4.39 Å². The lowest BCUT2D eigenvalue weighted by Gasteiger charge is -2.39. The second kappa shape index (κ2) is 5.64. The first-order chi connectivity index (χ1) is 11.6. The van der Waals surface area contributed by atoms with Crippen LogP contribution >= 0.6 is 11.8 Å². The maximum absolute atomic E-state index is 13.8. The van der Waals surface area contributed by atoms with Crippen LogP contribution in [0.1, 0.15) is 28.8 Å². The van der Waals surface area contributed by atoms with E-state index in [1.54, 1.807) is 11.0 Å². The number of carbonyl (C=O) groups excluding carboxylic acids is 1. The van der Waals surface area contributed by atoms with E-state index in [-0.39, 0.29) is 5.78 Å². The Bertz CT molecular complexity index is 866. The van der Waals surface area contributed by atoms with Crippen LogP contribution in [0.25, 0.3) is 0 Å². The van der Waals surface area contributed by atoms with Gasteiger partial charge in [-0.05, 0) is 42.7 Å². The monoisotopic (exact) mass is 338 g/mol. The first-order valence-electron chi connectivity index (χ1n) is 7.90. The average molecular weight is 338 g/mol. The Hall–Kier alpha value is -2.32. The zero-order chi connectivity index (χ0) is 16.7. The molecule has 1 saturated heterocycles. The van der Waals surface area contributed by atoms with E-state index in [1.165, 1.54) is 23.9 Å². The first kappa shape index (κ1) is 15.2. The van der Waals surface area contributed by atoms with Gasteiger partial charge in [-0.2, -0.15) is 5.26 Å². The lowest BCUT2D eigenvalue weighted by atomic mass is 9.68. The number of Topliss-reactive ketones (excluding diaryl/α,β-unsaturated/α-hetero) is 1. The Morgan fingerprint density at radius 3 is 2.62 bits per heavy atom. The number of nitriles is 1. The molecule has 2 heterocycles. The van der Waals surface area contributed by atoms with E-state index >= 15 is 0 Å². The molecule has 5 heteroatoms. The van der Waals surface area contributed by atoms with Crippen LogP contribution in [-0.2, 0) is 5.41 Å². The number of fused-ring (bicyclic) bond motifs is 3. The number of piperidine rings is 1. The van der Waals surface area contributed by atoms with Crippen molar-refractivity contribution in [2.75, 3.05) is 13.1 Å². The zero-order valence-corrected chi connectivity index (χ0v) is 13.8. The SMILES string of the molecule is N#CN1CCC2(CC1)C(=O)c1cc(F)ccc1Sc1ccccc12. The minimum atomic E-state index is -0.671. The summed E-state index contributed by atoms with van der Waals surface area (Å²) in [5.74, 6) is -0.412. The molecule has 0 unspecified atom stereocenters. The molecule has 120 valence electrons. The summed E-state index contributed by atoms with van der Waals surface area (Å²) in [7, 11) is 0. The van der Waals surface area contributed by atoms with Crippen LogP contribution in [0.2, 0.25) is 0 Å². The minimum Gasteiger partial charge on any atom is -0.311 e. The van der Waals surface area contributed by atoms with Crippen LogP contribution in [0.3, 0.4) is 0 Å². The van der Waals surface area contributed by atoms with Crippen LogP contribution < -0.4 is 0 Å². The van der Waals surface area contributed by atoms with Gasteiger partial charge in [0.1, 0.15) is 5.82 Å². The predicted molar refractivity (Wildman–Crippen MR) is 89.4 cm³/mol. The second-order valence-electron chi connectivity index (χ2n) is 6.24. The van der Waals surface area contributed by atoms with Crippen molar-refractivity contribution in [3.8, 4) is 6.19 Å². The van der Waals surface area contributed by atoms with E-state index in [4.69, 9.17) is 5.26 Å². The van der Waals surface area contributed by atoms with E-state index in [0.29, 0.717) is 31.5 Å². The molecule has 0 N–H and O–H groups in total. The Labute approximate surface area is 144 Å². The third-order valence-corrected chi connectivity index (χ3v) is 6.15. The largest absolute Gasteiger partial charge is 0.311 e. The highest BCUT2D eigenvalue weighted by atomic mass is 32.2. The molecule has 3 nitrogen and oxygen atoms in total. The molecule has 1 spiro atoms. The van der Waals surface area contributed by atoms with Crippen LogP contribution in [0, 0.1) is 17.3 Å². The summed E-state index contributed by atoms with van der Waals surface area (Å²) in [5.41, 5.74) is 0.798. The summed E-state index contributed by atoms with van der Waals surface area (Å²) < 4.78 is 13.8. The summed E-state index contributed by atoms with van der Waals surface area (Å²) in [6.45, 7) is 1.10. The Kier molecular flexibility index (Phi) is 3.58. The minimum absolute atomic E-state index is 0.0213. The molecule has 2 aromatic rings. The van der Waals surface area contributed by atoms with E-state index in [9.17, 15) is 9.18 Å². The highest BCUT2D eigenvalue weighted by Crippen LogP contribution is 2.48. The fourth-order valence-electron chi connectivity index (χ4n) is 3.70. The quantitative estimate of drug-likeness (QED) is 0.681. The van der Waals surface area contributed by atoms with E-state index in [2.05, 4.69) is 6.19 Å². The van der Waals surface area contributed by atoms with Crippen molar-refractivity contribution in [1.82, 2.24) is 4.90 Å². The lowest BCUT2D eigenvalue weighted by Crippen LogP contribution is -2.46. The van der Waals surface area contributed by atoms with Crippen LogP contribution in [-0.4, -0.2) is 23.8 Å². The van der Waals surface area contributed by atoms with Gasteiger partial charge in [0.15, 0.2) is 12.0 Å². The van der Waals surface area contributed by atoms with Crippen molar-refractivity contribution in [2.24, 2.45) is 0 Å². The van der Waals surface area contributed by atoms with Crippen molar-refractivity contribution in [3.05, 3.63) is 59.4 Å². The molecular formula is C19H15FN2OS. The summed E-state index contributed by atoms with van der Waals surface area (Å²) in [5, 5.41) is 9.13. The van der Waals surface area contributed by atoms with Gasteiger partial charge in [0.2, 0.25) is 0 Å². The van der Waals surface area contributed by atoms with Gasteiger partial charge in [0.05, 0.1) is 5.41 Å². The summed E-state index contributed by atoms with van der Waals surface area (Å²) >= 11 is 1.52. The summed E-state index contributed by atoms with van der Waals surface area (Å²) in [6.07, 6.45) is 3.32. The third kappa shape index (κ3) is 2.22. The van der Waals surface area contributed by atoms with Crippen molar-refractivity contribution in [3.63, 3.8) is 0 Å².